The molecule has 3 fully saturated rings. The monoisotopic (exact) mass is 531 g/mol. The highest BCUT2D eigenvalue weighted by Gasteiger charge is 2.28. The van der Waals surface area contributed by atoms with E-state index in [4.69, 9.17) is 9.72 Å². The number of hydrogen-bond acceptors (Lipinski definition) is 7. The Labute approximate surface area is 231 Å². The summed E-state index contributed by atoms with van der Waals surface area (Å²) < 4.78 is 5.46. The van der Waals surface area contributed by atoms with Crippen LogP contribution in [0.4, 0.5) is 10.5 Å². The van der Waals surface area contributed by atoms with Crippen molar-refractivity contribution < 1.29 is 9.53 Å². The molecule has 9 heteroatoms. The lowest BCUT2D eigenvalue weighted by Gasteiger charge is -2.34. The predicted molar refractivity (Wildman–Crippen MR) is 154 cm³/mol. The summed E-state index contributed by atoms with van der Waals surface area (Å²) in [5.74, 6) is 0.336. The van der Waals surface area contributed by atoms with Crippen LogP contribution in [0, 0.1) is 0 Å². The molecule has 1 unspecified atom stereocenters. The maximum Gasteiger partial charge on any atom is 0.321 e. The molecule has 1 aromatic carbocycles. The summed E-state index contributed by atoms with van der Waals surface area (Å²) in [5, 5.41) is 4.31. The van der Waals surface area contributed by atoms with Gasteiger partial charge in [0.05, 0.1) is 24.4 Å². The highest BCUT2D eigenvalue weighted by Crippen LogP contribution is 2.33. The number of nitrogens with zero attached hydrogens (tertiary/aromatic N) is 6. The van der Waals surface area contributed by atoms with Gasteiger partial charge in [-0.1, -0.05) is 0 Å². The second-order valence-corrected chi connectivity index (χ2v) is 11.5. The van der Waals surface area contributed by atoms with Gasteiger partial charge in [-0.05, 0) is 76.6 Å². The first-order valence-electron chi connectivity index (χ1n) is 14.5. The molecule has 0 spiro atoms. The molecule has 1 aromatic heterocycles. The van der Waals surface area contributed by atoms with E-state index in [2.05, 4.69) is 69.4 Å². The molecule has 3 saturated heterocycles. The van der Waals surface area contributed by atoms with Crippen LogP contribution in [-0.4, -0.2) is 103 Å². The number of piperidine rings is 1. The average Bonchev–Trinajstić information content (AvgIpc) is 3.49. The van der Waals surface area contributed by atoms with E-state index in [9.17, 15) is 4.79 Å². The van der Waals surface area contributed by atoms with E-state index in [1.807, 2.05) is 4.90 Å². The molecule has 1 N–H and O–H groups in total. The number of carbonyl (C=O) groups is 1. The maximum atomic E-state index is 13.0. The molecule has 6 rings (SSSR count). The molecule has 208 valence electrons. The molecule has 9 nitrogen and oxygen atoms in total. The van der Waals surface area contributed by atoms with E-state index >= 15 is 0 Å². The van der Waals surface area contributed by atoms with Crippen LogP contribution in [0.15, 0.2) is 48.1 Å². The number of hydrogen-bond donors (Lipinski definition) is 1. The van der Waals surface area contributed by atoms with Crippen molar-refractivity contribution in [2.45, 2.75) is 44.1 Å². The molecular formula is C30H41N7O2. The number of morpholine rings is 1. The minimum atomic E-state index is 0.0155. The van der Waals surface area contributed by atoms with E-state index < -0.39 is 0 Å². The molecule has 39 heavy (non-hydrogen) atoms. The van der Waals surface area contributed by atoms with Crippen molar-refractivity contribution in [3.8, 4) is 0 Å². The van der Waals surface area contributed by atoms with Crippen LogP contribution in [0.1, 0.15) is 43.7 Å². The molecule has 4 aliphatic rings. The van der Waals surface area contributed by atoms with Gasteiger partial charge in [-0.2, -0.15) is 0 Å². The lowest BCUT2D eigenvalue weighted by Crippen LogP contribution is -2.44. The Morgan fingerprint density at radius 3 is 2.51 bits per heavy atom. The zero-order valence-electron chi connectivity index (χ0n) is 23.3. The molecule has 2 aromatic rings. The van der Waals surface area contributed by atoms with Crippen LogP contribution in [0.3, 0.4) is 0 Å². The topological polar surface area (TPSA) is 77.1 Å². The zero-order valence-corrected chi connectivity index (χ0v) is 23.3. The minimum Gasteiger partial charge on any atom is -0.378 e. The lowest BCUT2D eigenvalue weighted by atomic mass is 9.91. The smallest absolute Gasteiger partial charge is 0.321 e. The summed E-state index contributed by atoms with van der Waals surface area (Å²) in [5.41, 5.74) is 5.73. The van der Waals surface area contributed by atoms with Gasteiger partial charge in [-0.25, -0.2) is 14.8 Å². The summed E-state index contributed by atoms with van der Waals surface area (Å²) in [6, 6.07) is 7.27. The van der Waals surface area contributed by atoms with Crippen LogP contribution >= 0.6 is 0 Å². The Bertz CT molecular complexity index is 1250. The molecule has 4 heterocycles. The van der Waals surface area contributed by atoms with Gasteiger partial charge in [-0.3, -0.25) is 0 Å². The SMILES string of the molecule is CN(C)C1CCN(c2ccc3c(C4CCN(C(=O)NC5=CC=C(N6CCOCC6)CC5)CC4)ncnc3c2)C1. The average molecular weight is 532 g/mol. The van der Waals surface area contributed by atoms with E-state index in [-0.39, 0.29) is 6.03 Å². The number of rotatable bonds is 5. The second-order valence-electron chi connectivity index (χ2n) is 11.5. The summed E-state index contributed by atoms with van der Waals surface area (Å²) in [4.78, 5) is 31.5. The Morgan fingerprint density at radius 1 is 0.974 bits per heavy atom. The Kier molecular flexibility index (Phi) is 7.70. The quantitative estimate of drug-likeness (QED) is 0.632. The fourth-order valence-corrected chi connectivity index (χ4v) is 6.40. The number of benzene rings is 1. The van der Waals surface area contributed by atoms with Gasteiger partial charge >= 0.3 is 6.03 Å². The van der Waals surface area contributed by atoms with Gasteiger partial charge in [0.25, 0.3) is 0 Å². The summed E-state index contributed by atoms with van der Waals surface area (Å²) in [6.07, 6.45) is 10.8. The number of anilines is 1. The molecule has 0 radical (unpaired) electrons. The first-order valence-corrected chi connectivity index (χ1v) is 14.5. The third kappa shape index (κ3) is 5.75. The van der Waals surface area contributed by atoms with Crippen molar-refractivity contribution in [1.29, 1.82) is 0 Å². The van der Waals surface area contributed by atoms with Crippen molar-refractivity contribution in [2.24, 2.45) is 0 Å². The Hall–Kier alpha value is -3.17. The molecule has 0 bridgehead atoms. The first kappa shape index (κ1) is 26.1. The van der Waals surface area contributed by atoms with Crippen LogP contribution < -0.4 is 10.2 Å². The van der Waals surface area contributed by atoms with E-state index in [0.717, 1.165) is 100 Å². The molecule has 2 amide bonds. The van der Waals surface area contributed by atoms with Gasteiger partial charge in [0.2, 0.25) is 0 Å². The molecular weight excluding hydrogens is 490 g/mol. The number of fused-ring (bicyclic) bond motifs is 1. The number of ether oxygens (including phenoxy) is 1. The van der Waals surface area contributed by atoms with Crippen LogP contribution in [-0.2, 0) is 4.74 Å². The minimum absolute atomic E-state index is 0.0155. The van der Waals surface area contributed by atoms with Crippen molar-refractivity contribution in [3.63, 3.8) is 0 Å². The van der Waals surface area contributed by atoms with Crippen LogP contribution in [0.25, 0.3) is 10.9 Å². The van der Waals surface area contributed by atoms with Crippen molar-refractivity contribution >= 4 is 22.6 Å². The molecule has 1 aliphatic carbocycles. The molecule has 0 saturated carbocycles. The van der Waals surface area contributed by atoms with Crippen LogP contribution in [0.2, 0.25) is 0 Å². The Balaban J connectivity index is 1.05. The largest absolute Gasteiger partial charge is 0.378 e. The fraction of sp³-hybridized carbons (Fsp3) is 0.567. The standard InChI is InChI=1S/C30H41N7O2/c1-34(2)26-11-14-37(20-26)25-7-8-27-28(19-25)31-21-32-29(27)22-9-12-36(13-10-22)30(38)33-23-3-5-24(6-4-23)35-15-17-39-18-16-35/h3,5,7-8,19,21-22,26H,4,6,9-18,20H2,1-2H3,(H,33,38). The molecule has 3 aliphatic heterocycles. The Morgan fingerprint density at radius 2 is 1.79 bits per heavy atom. The highest BCUT2D eigenvalue weighted by molar-refractivity contribution is 5.85. The van der Waals surface area contributed by atoms with E-state index in [0.29, 0.717) is 12.0 Å². The summed E-state index contributed by atoms with van der Waals surface area (Å²) in [6.45, 7) is 7.10. The lowest BCUT2D eigenvalue weighted by molar-refractivity contribution is 0.0519. The van der Waals surface area contributed by atoms with Gasteiger partial charge in [-0.15, -0.1) is 0 Å². The summed E-state index contributed by atoms with van der Waals surface area (Å²) >= 11 is 0. The predicted octanol–water partition coefficient (Wildman–Crippen LogP) is 3.55. The number of likely N-dealkylation sites (N-methyl/N-ethyl adjacent to an activating group) is 1. The molecule has 1 atom stereocenters. The van der Waals surface area contributed by atoms with Crippen LogP contribution in [0.5, 0.6) is 0 Å². The number of nitrogens with one attached hydrogen (secondary N) is 1. The normalized spacial score (nSPS) is 22.8. The van der Waals surface area contributed by atoms with Gasteiger partial charge < -0.3 is 29.7 Å². The first-order chi connectivity index (χ1) is 19.0. The van der Waals surface area contributed by atoms with E-state index in [1.54, 1.807) is 6.33 Å². The third-order valence-corrected chi connectivity index (χ3v) is 8.89. The number of likely N-dealkylation sites (tertiary alicyclic amines) is 1. The number of allylic oxidation sites excluding steroid dienone is 4. The summed E-state index contributed by atoms with van der Waals surface area (Å²) in [7, 11) is 4.33. The number of carbonyl (C=O) groups excluding carboxylic acids is 1. The van der Waals surface area contributed by atoms with Crippen molar-refractivity contribution in [1.82, 2.24) is 30.0 Å². The third-order valence-electron chi connectivity index (χ3n) is 8.89. The fourth-order valence-electron chi connectivity index (χ4n) is 6.40. The number of urea groups is 1. The van der Waals surface area contributed by atoms with Crippen molar-refractivity contribution in [3.05, 3.63) is 53.8 Å². The number of aromatic nitrogens is 2. The van der Waals surface area contributed by atoms with Gasteiger partial charge in [0, 0.05) is 73.7 Å². The van der Waals surface area contributed by atoms with E-state index in [1.165, 1.54) is 17.8 Å². The zero-order chi connectivity index (χ0) is 26.8. The number of amides is 2. The highest BCUT2D eigenvalue weighted by atomic mass is 16.5. The van der Waals surface area contributed by atoms with Gasteiger partial charge in [0.15, 0.2) is 0 Å². The van der Waals surface area contributed by atoms with Gasteiger partial charge in [0.1, 0.15) is 6.33 Å². The maximum absolute atomic E-state index is 13.0. The van der Waals surface area contributed by atoms with Crippen molar-refractivity contribution in [2.75, 3.05) is 71.5 Å². The second kappa shape index (κ2) is 11.5.